The maximum absolute atomic E-state index is 11.4. The summed E-state index contributed by atoms with van der Waals surface area (Å²) in [5, 5.41) is 13.5. The first kappa shape index (κ1) is 17.3. The Labute approximate surface area is 151 Å². The molecule has 0 saturated heterocycles. The average molecular weight is 349 g/mol. The van der Waals surface area contributed by atoms with Crippen molar-refractivity contribution in [2.24, 2.45) is 0 Å². The molecule has 0 spiro atoms. The summed E-state index contributed by atoms with van der Waals surface area (Å²) in [6.07, 6.45) is 3.52. The van der Waals surface area contributed by atoms with Gasteiger partial charge in [0, 0.05) is 31.5 Å². The number of nitrogens with zero attached hydrogens (tertiary/aromatic N) is 3. The SMILES string of the molecule is CNC(=O)c1ccc(NCc2ccc(OCc3cccnc3)cc2)nn1. The fourth-order valence-electron chi connectivity index (χ4n) is 2.22. The van der Waals surface area contributed by atoms with Gasteiger partial charge in [-0.15, -0.1) is 10.2 Å². The van der Waals surface area contributed by atoms with E-state index in [1.54, 1.807) is 31.6 Å². The minimum absolute atomic E-state index is 0.258. The second-order valence-electron chi connectivity index (χ2n) is 5.53. The molecule has 2 heterocycles. The van der Waals surface area contributed by atoms with Crippen LogP contribution in [0.5, 0.6) is 5.75 Å². The molecule has 0 unspecified atom stereocenters. The van der Waals surface area contributed by atoms with Gasteiger partial charge < -0.3 is 15.4 Å². The van der Waals surface area contributed by atoms with Gasteiger partial charge in [-0.2, -0.15) is 0 Å². The number of hydrogen-bond donors (Lipinski definition) is 2. The van der Waals surface area contributed by atoms with Crippen molar-refractivity contribution in [1.82, 2.24) is 20.5 Å². The number of carbonyl (C=O) groups is 1. The molecule has 0 atom stereocenters. The molecule has 3 rings (SSSR count). The number of ether oxygens (including phenoxy) is 1. The molecule has 0 aliphatic rings. The van der Waals surface area contributed by atoms with Crippen molar-refractivity contribution in [3.05, 3.63) is 77.7 Å². The minimum Gasteiger partial charge on any atom is -0.489 e. The molecule has 0 fully saturated rings. The van der Waals surface area contributed by atoms with Crippen LogP contribution in [0.1, 0.15) is 21.6 Å². The second-order valence-corrected chi connectivity index (χ2v) is 5.53. The molecule has 0 saturated carbocycles. The Morgan fingerprint density at radius 2 is 1.88 bits per heavy atom. The van der Waals surface area contributed by atoms with Crippen LogP contribution < -0.4 is 15.4 Å². The predicted octanol–water partition coefficient (Wildman–Crippen LogP) is 2.42. The first-order chi connectivity index (χ1) is 12.7. The van der Waals surface area contributed by atoms with E-state index in [0.29, 0.717) is 19.0 Å². The summed E-state index contributed by atoms with van der Waals surface area (Å²) in [5.41, 5.74) is 2.39. The Kier molecular flexibility index (Phi) is 5.72. The molecule has 0 aliphatic heterocycles. The number of benzene rings is 1. The summed E-state index contributed by atoms with van der Waals surface area (Å²) in [7, 11) is 1.56. The highest BCUT2D eigenvalue weighted by Gasteiger charge is 2.05. The predicted molar refractivity (Wildman–Crippen MR) is 97.8 cm³/mol. The third-order valence-electron chi connectivity index (χ3n) is 3.65. The highest BCUT2D eigenvalue weighted by molar-refractivity contribution is 5.91. The molecule has 1 aromatic carbocycles. The maximum Gasteiger partial charge on any atom is 0.271 e. The summed E-state index contributed by atoms with van der Waals surface area (Å²) in [5.74, 6) is 1.15. The number of hydrogen-bond acceptors (Lipinski definition) is 6. The Hall–Kier alpha value is -3.48. The van der Waals surface area contributed by atoms with E-state index in [2.05, 4.69) is 25.8 Å². The van der Waals surface area contributed by atoms with Crippen LogP contribution in [0.3, 0.4) is 0 Å². The van der Waals surface area contributed by atoms with Crippen LogP contribution in [0.25, 0.3) is 0 Å². The first-order valence-corrected chi connectivity index (χ1v) is 8.15. The Bertz CT molecular complexity index is 836. The van der Waals surface area contributed by atoms with Crippen molar-refractivity contribution >= 4 is 11.7 Å². The molecule has 2 N–H and O–H groups in total. The summed E-state index contributed by atoms with van der Waals surface area (Å²) >= 11 is 0. The van der Waals surface area contributed by atoms with E-state index in [1.165, 1.54) is 0 Å². The number of aromatic nitrogens is 3. The monoisotopic (exact) mass is 349 g/mol. The number of anilines is 1. The molecule has 7 heteroatoms. The molecular formula is C19H19N5O2. The second kappa shape index (κ2) is 8.57. The van der Waals surface area contributed by atoms with Gasteiger partial charge in [0.05, 0.1) is 0 Å². The molecule has 0 radical (unpaired) electrons. The van der Waals surface area contributed by atoms with Crippen molar-refractivity contribution in [2.45, 2.75) is 13.2 Å². The lowest BCUT2D eigenvalue weighted by Crippen LogP contribution is -2.19. The van der Waals surface area contributed by atoms with Crippen LogP contribution in [0.15, 0.2) is 60.9 Å². The van der Waals surface area contributed by atoms with Gasteiger partial charge in [-0.25, -0.2) is 0 Å². The molecular weight excluding hydrogens is 330 g/mol. The number of amides is 1. The quantitative estimate of drug-likeness (QED) is 0.681. The molecule has 2 aromatic heterocycles. The topological polar surface area (TPSA) is 89.0 Å². The zero-order valence-corrected chi connectivity index (χ0v) is 14.3. The van der Waals surface area contributed by atoms with E-state index in [1.807, 2.05) is 36.4 Å². The summed E-state index contributed by atoms with van der Waals surface area (Å²) in [6, 6.07) is 15.0. The number of nitrogens with one attached hydrogen (secondary N) is 2. The minimum atomic E-state index is -0.258. The van der Waals surface area contributed by atoms with Crippen molar-refractivity contribution < 1.29 is 9.53 Å². The largest absolute Gasteiger partial charge is 0.489 e. The van der Waals surface area contributed by atoms with Crippen LogP contribution in [0.4, 0.5) is 5.82 Å². The van der Waals surface area contributed by atoms with Gasteiger partial charge in [0.25, 0.3) is 5.91 Å². The van der Waals surface area contributed by atoms with Gasteiger partial charge in [-0.05, 0) is 35.9 Å². The lowest BCUT2D eigenvalue weighted by Gasteiger charge is -2.08. The van der Waals surface area contributed by atoms with Gasteiger partial charge in [0.15, 0.2) is 5.69 Å². The van der Waals surface area contributed by atoms with Crippen LogP contribution in [-0.2, 0) is 13.2 Å². The first-order valence-electron chi connectivity index (χ1n) is 8.15. The maximum atomic E-state index is 11.4. The van der Waals surface area contributed by atoms with Crippen molar-refractivity contribution in [2.75, 3.05) is 12.4 Å². The van der Waals surface area contributed by atoms with Crippen molar-refractivity contribution in [1.29, 1.82) is 0 Å². The molecule has 3 aromatic rings. The molecule has 7 nitrogen and oxygen atoms in total. The van der Waals surface area contributed by atoms with Crippen LogP contribution >= 0.6 is 0 Å². The fourth-order valence-corrected chi connectivity index (χ4v) is 2.22. The molecule has 0 bridgehead atoms. The van der Waals surface area contributed by atoms with Gasteiger partial charge >= 0.3 is 0 Å². The fraction of sp³-hybridized carbons (Fsp3) is 0.158. The zero-order chi connectivity index (χ0) is 18.2. The molecule has 132 valence electrons. The Morgan fingerprint density at radius 1 is 1.04 bits per heavy atom. The highest BCUT2D eigenvalue weighted by Crippen LogP contribution is 2.15. The summed E-state index contributed by atoms with van der Waals surface area (Å²) < 4.78 is 5.74. The Morgan fingerprint density at radius 3 is 2.54 bits per heavy atom. The van der Waals surface area contributed by atoms with Gasteiger partial charge in [-0.3, -0.25) is 9.78 Å². The summed E-state index contributed by atoms with van der Waals surface area (Å²) in [4.78, 5) is 15.5. The lowest BCUT2D eigenvalue weighted by molar-refractivity contribution is 0.0957. The van der Waals surface area contributed by atoms with E-state index in [-0.39, 0.29) is 11.6 Å². The number of rotatable bonds is 7. The van der Waals surface area contributed by atoms with Gasteiger partial charge in [-0.1, -0.05) is 18.2 Å². The van der Waals surface area contributed by atoms with Crippen molar-refractivity contribution in [3.8, 4) is 5.75 Å². The van der Waals surface area contributed by atoms with E-state index in [4.69, 9.17) is 4.74 Å². The Balaban J connectivity index is 1.50. The van der Waals surface area contributed by atoms with Gasteiger partial charge in [0.1, 0.15) is 18.2 Å². The third kappa shape index (κ3) is 4.76. The van der Waals surface area contributed by atoms with E-state index < -0.39 is 0 Å². The van der Waals surface area contributed by atoms with E-state index in [0.717, 1.165) is 16.9 Å². The molecule has 1 amide bonds. The third-order valence-corrected chi connectivity index (χ3v) is 3.65. The van der Waals surface area contributed by atoms with Crippen LogP contribution in [-0.4, -0.2) is 28.1 Å². The molecule has 0 aliphatic carbocycles. The number of carbonyl (C=O) groups excluding carboxylic acids is 1. The summed E-state index contributed by atoms with van der Waals surface area (Å²) in [6.45, 7) is 1.08. The smallest absolute Gasteiger partial charge is 0.271 e. The molecule has 26 heavy (non-hydrogen) atoms. The van der Waals surface area contributed by atoms with Crippen molar-refractivity contribution in [3.63, 3.8) is 0 Å². The van der Waals surface area contributed by atoms with Crippen LogP contribution in [0.2, 0.25) is 0 Å². The van der Waals surface area contributed by atoms with E-state index in [9.17, 15) is 4.79 Å². The average Bonchev–Trinajstić information content (AvgIpc) is 2.72. The number of pyridine rings is 1. The normalized spacial score (nSPS) is 10.2. The standard InChI is InChI=1S/C19H19N5O2/c1-20-19(25)17-8-9-18(24-23-17)22-12-14-4-6-16(7-5-14)26-13-15-3-2-10-21-11-15/h2-11H,12-13H2,1H3,(H,20,25)(H,22,24). The van der Waals surface area contributed by atoms with E-state index >= 15 is 0 Å². The van der Waals surface area contributed by atoms with Gasteiger partial charge in [0.2, 0.25) is 0 Å². The lowest BCUT2D eigenvalue weighted by atomic mass is 10.2. The highest BCUT2D eigenvalue weighted by atomic mass is 16.5. The zero-order valence-electron chi connectivity index (χ0n) is 14.3. The van der Waals surface area contributed by atoms with Crippen LogP contribution in [0, 0.1) is 0 Å².